The molecule has 4 aromatic rings. The van der Waals surface area contributed by atoms with Crippen molar-refractivity contribution in [3.05, 3.63) is 46.9 Å². The van der Waals surface area contributed by atoms with Gasteiger partial charge >= 0.3 is 0 Å². The number of ether oxygens (including phenoxy) is 2. The molecule has 0 atom stereocenters. The van der Waals surface area contributed by atoms with Gasteiger partial charge in [0.15, 0.2) is 17.1 Å². The molecular formula is C29H32Cl2N8O3. The lowest BCUT2D eigenvalue weighted by molar-refractivity contribution is -0.127. The smallest absolute Gasteiger partial charge is 0.246 e. The number of amides is 1. The van der Waals surface area contributed by atoms with E-state index in [1.54, 1.807) is 38.0 Å². The summed E-state index contributed by atoms with van der Waals surface area (Å²) in [6, 6.07) is 3.58. The number of halogens is 2. The molecule has 0 bridgehead atoms. The van der Waals surface area contributed by atoms with Gasteiger partial charge in [0.25, 0.3) is 0 Å². The van der Waals surface area contributed by atoms with Crippen LogP contribution in [0.5, 0.6) is 11.5 Å². The second kappa shape index (κ2) is 11.2. The molecule has 13 heteroatoms. The van der Waals surface area contributed by atoms with Crippen molar-refractivity contribution in [2.45, 2.75) is 19.3 Å². The zero-order chi connectivity index (χ0) is 29.6. The van der Waals surface area contributed by atoms with Crippen LogP contribution < -0.4 is 14.8 Å². The van der Waals surface area contributed by atoms with E-state index in [1.807, 2.05) is 11.0 Å². The average molecular weight is 612 g/mol. The first-order chi connectivity index (χ1) is 20.3. The fourth-order valence-electron chi connectivity index (χ4n) is 5.68. The molecule has 1 aliphatic carbocycles. The molecule has 0 spiro atoms. The summed E-state index contributed by atoms with van der Waals surface area (Å²) in [7, 11) is 4.86. The molecule has 2 aliphatic rings. The van der Waals surface area contributed by atoms with Crippen LogP contribution in [0, 0.1) is 5.41 Å². The molecule has 3 aromatic heterocycles. The van der Waals surface area contributed by atoms with Gasteiger partial charge in [-0.25, -0.2) is 9.97 Å². The minimum Gasteiger partial charge on any atom is -0.495 e. The molecule has 1 aliphatic heterocycles. The van der Waals surface area contributed by atoms with Crippen molar-refractivity contribution < 1.29 is 14.3 Å². The van der Waals surface area contributed by atoms with Crippen molar-refractivity contribution >= 4 is 51.7 Å². The van der Waals surface area contributed by atoms with Gasteiger partial charge in [0.2, 0.25) is 11.9 Å². The van der Waals surface area contributed by atoms with E-state index in [-0.39, 0.29) is 11.3 Å². The molecule has 1 N–H and O–H groups in total. The lowest BCUT2D eigenvalue weighted by atomic mass is 10.0. The van der Waals surface area contributed by atoms with Gasteiger partial charge in [-0.15, -0.1) is 5.10 Å². The molecule has 220 valence electrons. The van der Waals surface area contributed by atoms with Gasteiger partial charge in [-0.2, -0.15) is 9.50 Å². The maximum atomic E-state index is 12.0. The summed E-state index contributed by atoms with van der Waals surface area (Å²) in [6.45, 7) is 7.65. The van der Waals surface area contributed by atoms with Gasteiger partial charge in [-0.1, -0.05) is 29.8 Å². The third-order valence-electron chi connectivity index (χ3n) is 8.16. The van der Waals surface area contributed by atoms with Crippen molar-refractivity contribution in [2.75, 3.05) is 59.3 Å². The zero-order valence-electron chi connectivity index (χ0n) is 23.8. The molecule has 0 radical (unpaired) electrons. The lowest BCUT2D eigenvalue weighted by Gasteiger charge is -2.36. The number of hydrogen-bond acceptors (Lipinski definition) is 9. The Bertz CT molecular complexity index is 1670. The number of piperazine rings is 1. The first-order valence-corrected chi connectivity index (χ1v) is 14.5. The summed E-state index contributed by atoms with van der Waals surface area (Å²) < 4.78 is 12.8. The molecule has 1 aromatic carbocycles. The second-order valence-electron chi connectivity index (χ2n) is 10.8. The van der Waals surface area contributed by atoms with E-state index >= 15 is 0 Å². The number of nitrogens with zero attached hydrogens (tertiary/aromatic N) is 7. The van der Waals surface area contributed by atoms with Crippen LogP contribution in [0.3, 0.4) is 0 Å². The first kappa shape index (κ1) is 28.4. The normalized spacial score (nSPS) is 16.5. The number of carbonyl (C=O) groups is 1. The van der Waals surface area contributed by atoms with Crippen LogP contribution in [0.4, 0.5) is 5.95 Å². The average Bonchev–Trinajstić information content (AvgIpc) is 3.62. The maximum absolute atomic E-state index is 12.0. The molecule has 11 nitrogen and oxygen atoms in total. The van der Waals surface area contributed by atoms with E-state index < -0.39 is 0 Å². The van der Waals surface area contributed by atoms with Crippen LogP contribution in [-0.4, -0.2) is 94.3 Å². The Morgan fingerprint density at radius 1 is 1.07 bits per heavy atom. The van der Waals surface area contributed by atoms with Crippen LogP contribution >= 0.6 is 23.2 Å². The summed E-state index contributed by atoms with van der Waals surface area (Å²) in [4.78, 5) is 30.4. The molecule has 1 amide bonds. The standard InChI is InChI=1S/C29H32Cl2N8O3/c1-5-22(40)38-10-8-37(9-11-38)16-29(6-7-29)14-21-34-27-18(23-24(30)19(41-3)13-20(42-4)25(23)31)12-17-15-33-28(32-2)35-26(17)39(27)36-21/h5,12-13,15H,1,6-11,14,16H2,2-4H3,(H,32,33,35). The highest BCUT2D eigenvalue weighted by Gasteiger charge is 2.45. The minimum absolute atomic E-state index is 0.00757. The highest BCUT2D eigenvalue weighted by molar-refractivity contribution is 6.41. The first-order valence-electron chi connectivity index (χ1n) is 13.8. The van der Waals surface area contributed by atoms with Gasteiger partial charge < -0.3 is 19.7 Å². The highest BCUT2D eigenvalue weighted by atomic mass is 35.5. The fourth-order valence-corrected chi connectivity index (χ4v) is 6.39. The molecule has 1 saturated heterocycles. The van der Waals surface area contributed by atoms with Gasteiger partial charge in [0.05, 0.1) is 24.3 Å². The third-order valence-corrected chi connectivity index (χ3v) is 8.91. The van der Waals surface area contributed by atoms with E-state index in [1.165, 1.54) is 6.08 Å². The molecule has 4 heterocycles. The monoisotopic (exact) mass is 610 g/mol. The number of anilines is 1. The molecule has 0 unspecified atom stereocenters. The summed E-state index contributed by atoms with van der Waals surface area (Å²) in [5.74, 6) is 2.04. The second-order valence-corrected chi connectivity index (χ2v) is 11.6. The van der Waals surface area contributed by atoms with Crippen molar-refractivity contribution in [2.24, 2.45) is 5.41 Å². The Morgan fingerprint density at radius 2 is 1.76 bits per heavy atom. The Balaban J connectivity index is 1.40. The maximum Gasteiger partial charge on any atom is 0.246 e. The number of aromatic nitrogens is 5. The lowest BCUT2D eigenvalue weighted by Crippen LogP contribution is -2.49. The van der Waals surface area contributed by atoms with Crippen LogP contribution in [0.2, 0.25) is 10.0 Å². The summed E-state index contributed by atoms with van der Waals surface area (Å²) in [6.07, 6.45) is 6.03. The fraction of sp³-hybridized carbons (Fsp3) is 0.414. The van der Waals surface area contributed by atoms with Crippen LogP contribution in [0.1, 0.15) is 18.7 Å². The predicted molar refractivity (Wildman–Crippen MR) is 163 cm³/mol. The topological polar surface area (TPSA) is 110 Å². The van der Waals surface area contributed by atoms with E-state index in [2.05, 4.69) is 21.8 Å². The van der Waals surface area contributed by atoms with Crippen molar-refractivity contribution in [1.82, 2.24) is 34.4 Å². The number of nitrogens with one attached hydrogen (secondary N) is 1. The summed E-state index contributed by atoms with van der Waals surface area (Å²) in [5.41, 5.74) is 2.48. The van der Waals surface area contributed by atoms with Crippen LogP contribution in [0.15, 0.2) is 31.0 Å². The number of benzene rings is 1. The Labute approximate surface area is 253 Å². The zero-order valence-corrected chi connectivity index (χ0v) is 25.3. The van der Waals surface area contributed by atoms with E-state index in [0.717, 1.165) is 37.9 Å². The van der Waals surface area contributed by atoms with Crippen molar-refractivity contribution in [3.8, 4) is 22.6 Å². The Hall–Kier alpha value is -3.67. The summed E-state index contributed by atoms with van der Waals surface area (Å²) >= 11 is 13.7. The van der Waals surface area contributed by atoms with Gasteiger partial charge in [0, 0.05) is 75.0 Å². The van der Waals surface area contributed by atoms with E-state index in [4.69, 9.17) is 47.7 Å². The number of fused-ring (bicyclic) bond motifs is 3. The Kier molecular flexibility index (Phi) is 7.59. The quantitative estimate of drug-likeness (QED) is 0.276. The molecule has 2 fully saturated rings. The SMILES string of the molecule is C=CC(=O)N1CCN(CC2(Cc3nc4c(-c5c(Cl)c(OC)cc(OC)c5Cl)cc5cnc(NC)nc5n4n3)CC2)CC1. The predicted octanol–water partition coefficient (Wildman–Crippen LogP) is 4.36. The molecular weight excluding hydrogens is 579 g/mol. The van der Waals surface area contributed by atoms with Gasteiger partial charge in [-0.05, 0) is 30.4 Å². The number of methoxy groups -OCH3 is 2. The number of rotatable bonds is 9. The van der Waals surface area contributed by atoms with E-state index in [0.29, 0.717) is 75.2 Å². The number of pyridine rings is 1. The minimum atomic E-state index is -0.00757. The summed E-state index contributed by atoms with van der Waals surface area (Å²) in [5, 5.41) is 9.40. The third kappa shape index (κ3) is 5.10. The highest BCUT2D eigenvalue weighted by Crippen LogP contribution is 2.50. The largest absolute Gasteiger partial charge is 0.495 e. The van der Waals surface area contributed by atoms with Crippen LogP contribution in [-0.2, 0) is 11.2 Å². The van der Waals surface area contributed by atoms with Crippen LogP contribution in [0.25, 0.3) is 27.8 Å². The molecule has 42 heavy (non-hydrogen) atoms. The number of hydrogen-bond donors (Lipinski definition) is 1. The van der Waals surface area contributed by atoms with Gasteiger partial charge in [-0.3, -0.25) is 9.69 Å². The van der Waals surface area contributed by atoms with E-state index in [9.17, 15) is 4.79 Å². The van der Waals surface area contributed by atoms with Crippen molar-refractivity contribution in [1.29, 1.82) is 0 Å². The van der Waals surface area contributed by atoms with Crippen molar-refractivity contribution in [3.63, 3.8) is 0 Å². The number of carbonyl (C=O) groups excluding carboxylic acids is 1. The Morgan fingerprint density at radius 3 is 2.36 bits per heavy atom. The van der Waals surface area contributed by atoms with Gasteiger partial charge in [0.1, 0.15) is 11.5 Å². The molecule has 6 rings (SSSR count). The molecule has 1 saturated carbocycles.